The third-order valence-electron chi connectivity index (χ3n) is 7.02. The summed E-state index contributed by atoms with van der Waals surface area (Å²) in [6, 6.07) is 17.3. The van der Waals surface area contributed by atoms with Gasteiger partial charge in [-0.2, -0.15) is 0 Å². The molecule has 2 nitrogen and oxygen atoms in total. The van der Waals surface area contributed by atoms with Crippen molar-refractivity contribution in [3.63, 3.8) is 0 Å². The van der Waals surface area contributed by atoms with Gasteiger partial charge in [0.05, 0.1) is 6.10 Å². The van der Waals surface area contributed by atoms with E-state index in [1.807, 2.05) is 6.07 Å². The largest absolute Gasteiger partial charge is 0.489 e. The van der Waals surface area contributed by atoms with E-state index in [0.717, 1.165) is 31.4 Å². The number of ether oxygens (including phenoxy) is 1. The minimum absolute atomic E-state index is 0.139. The highest BCUT2D eigenvalue weighted by Gasteiger charge is 2.26. The minimum Gasteiger partial charge on any atom is -0.489 e. The van der Waals surface area contributed by atoms with Crippen LogP contribution >= 0.6 is 0 Å². The number of rotatable bonds is 10. The Bertz CT molecular complexity index is 781. The van der Waals surface area contributed by atoms with Gasteiger partial charge in [-0.3, -0.25) is 0 Å². The van der Waals surface area contributed by atoms with Gasteiger partial charge >= 0.3 is 0 Å². The maximum atomic E-state index is 10.4. The van der Waals surface area contributed by atoms with Gasteiger partial charge in [-0.1, -0.05) is 102 Å². The first-order valence-electron chi connectivity index (χ1n) is 12.5. The first-order chi connectivity index (χ1) is 15.0. The molecular formula is C29H42O2. The summed E-state index contributed by atoms with van der Waals surface area (Å²) in [7, 11) is 0. The predicted molar refractivity (Wildman–Crippen MR) is 131 cm³/mol. The second-order valence-corrected chi connectivity index (χ2v) is 10.1. The van der Waals surface area contributed by atoms with Gasteiger partial charge in [0.2, 0.25) is 0 Å². The molecule has 0 unspecified atom stereocenters. The summed E-state index contributed by atoms with van der Waals surface area (Å²) in [6.45, 7) is 7.59. The van der Waals surface area contributed by atoms with E-state index in [-0.39, 0.29) is 11.5 Å². The van der Waals surface area contributed by atoms with Crippen LogP contribution in [0.25, 0.3) is 0 Å². The molecule has 0 bridgehead atoms. The molecule has 1 saturated carbocycles. The molecule has 2 heteroatoms. The molecule has 3 rings (SSSR count). The number of aliphatic hydroxyl groups is 1. The van der Waals surface area contributed by atoms with E-state index >= 15 is 0 Å². The monoisotopic (exact) mass is 422 g/mol. The Morgan fingerprint density at radius 3 is 2.52 bits per heavy atom. The highest BCUT2D eigenvalue weighted by atomic mass is 16.5. The summed E-state index contributed by atoms with van der Waals surface area (Å²) in [4.78, 5) is 0. The van der Waals surface area contributed by atoms with Crippen LogP contribution in [0, 0.1) is 0 Å². The molecule has 1 N–H and O–H groups in total. The van der Waals surface area contributed by atoms with Crippen LogP contribution < -0.4 is 4.74 Å². The van der Waals surface area contributed by atoms with Crippen molar-refractivity contribution in [2.24, 2.45) is 0 Å². The predicted octanol–water partition coefficient (Wildman–Crippen LogP) is 7.92. The lowest BCUT2D eigenvalue weighted by Gasteiger charge is -2.28. The van der Waals surface area contributed by atoms with Crippen LogP contribution in [-0.4, -0.2) is 11.2 Å². The first-order valence-corrected chi connectivity index (χ1v) is 12.5. The maximum Gasteiger partial charge on any atom is 0.123 e. The molecule has 0 saturated heterocycles. The lowest BCUT2D eigenvalue weighted by molar-refractivity contribution is 0.151. The van der Waals surface area contributed by atoms with Gasteiger partial charge in [-0.15, -0.1) is 0 Å². The van der Waals surface area contributed by atoms with Crippen LogP contribution in [0.5, 0.6) is 5.75 Å². The number of benzene rings is 2. The molecule has 1 aliphatic rings. The molecule has 2 aromatic rings. The fraction of sp³-hybridized carbons (Fsp3) is 0.586. The normalized spacial score (nSPS) is 19.7. The van der Waals surface area contributed by atoms with E-state index < -0.39 is 0 Å². The Hall–Kier alpha value is -1.80. The minimum atomic E-state index is -0.191. The van der Waals surface area contributed by atoms with Crippen molar-refractivity contribution < 1.29 is 9.84 Å². The van der Waals surface area contributed by atoms with E-state index in [1.165, 1.54) is 55.2 Å². The molecule has 2 atom stereocenters. The van der Waals surface area contributed by atoms with Gasteiger partial charge in [-0.25, -0.2) is 0 Å². The Morgan fingerprint density at radius 1 is 0.968 bits per heavy atom. The van der Waals surface area contributed by atoms with Gasteiger partial charge in [0.25, 0.3) is 0 Å². The fourth-order valence-electron chi connectivity index (χ4n) is 4.91. The molecule has 0 heterocycles. The zero-order valence-corrected chi connectivity index (χ0v) is 19.9. The average molecular weight is 423 g/mol. The van der Waals surface area contributed by atoms with E-state index in [2.05, 4.69) is 63.2 Å². The Labute approximate surface area is 190 Å². The van der Waals surface area contributed by atoms with Crippen molar-refractivity contribution in [1.29, 1.82) is 0 Å². The van der Waals surface area contributed by atoms with Crippen molar-refractivity contribution in [3.05, 3.63) is 65.2 Å². The summed E-state index contributed by atoms with van der Waals surface area (Å²) in [5, 5.41) is 10.4. The quantitative estimate of drug-likeness (QED) is 0.311. The van der Waals surface area contributed by atoms with E-state index in [9.17, 15) is 5.11 Å². The highest BCUT2D eigenvalue weighted by molar-refractivity contribution is 5.43. The molecule has 2 aromatic carbocycles. The molecule has 31 heavy (non-hydrogen) atoms. The third-order valence-corrected chi connectivity index (χ3v) is 7.02. The third kappa shape index (κ3) is 7.10. The Balaban J connectivity index is 1.83. The van der Waals surface area contributed by atoms with Gasteiger partial charge in [0.1, 0.15) is 12.4 Å². The molecule has 0 spiro atoms. The van der Waals surface area contributed by atoms with E-state index in [1.54, 1.807) is 0 Å². The molecular weight excluding hydrogens is 380 g/mol. The molecule has 0 aliphatic heterocycles. The summed E-state index contributed by atoms with van der Waals surface area (Å²) < 4.78 is 6.45. The molecule has 0 amide bonds. The molecule has 0 radical (unpaired) electrons. The van der Waals surface area contributed by atoms with Crippen LogP contribution in [0.4, 0.5) is 0 Å². The van der Waals surface area contributed by atoms with Crippen LogP contribution in [0.1, 0.15) is 108 Å². The number of unbranched alkanes of at least 4 members (excludes halogenated alkanes) is 3. The van der Waals surface area contributed by atoms with Crippen molar-refractivity contribution in [1.82, 2.24) is 0 Å². The second-order valence-electron chi connectivity index (χ2n) is 10.1. The van der Waals surface area contributed by atoms with Crippen LogP contribution in [0.3, 0.4) is 0 Å². The SMILES string of the molecule is CCCCCCC(C)(C)c1ccc([C@@H]2CCCC[C@@H](O)C2)c(OCc2ccccc2)c1. The Morgan fingerprint density at radius 2 is 1.74 bits per heavy atom. The number of aliphatic hydroxyl groups excluding tert-OH is 1. The van der Waals surface area contributed by atoms with Gasteiger partial charge in [0, 0.05) is 0 Å². The molecule has 1 fully saturated rings. The lowest BCUT2D eigenvalue weighted by atomic mass is 9.78. The maximum absolute atomic E-state index is 10.4. The summed E-state index contributed by atoms with van der Waals surface area (Å²) >= 11 is 0. The van der Waals surface area contributed by atoms with Crippen LogP contribution in [0.15, 0.2) is 48.5 Å². The second kappa shape index (κ2) is 11.7. The number of hydrogen-bond donors (Lipinski definition) is 1. The smallest absolute Gasteiger partial charge is 0.123 e. The van der Waals surface area contributed by atoms with Crippen LogP contribution in [-0.2, 0) is 12.0 Å². The molecule has 0 aromatic heterocycles. The van der Waals surface area contributed by atoms with Gasteiger partial charge in [0.15, 0.2) is 0 Å². The van der Waals surface area contributed by atoms with Crippen molar-refractivity contribution in [2.75, 3.05) is 0 Å². The Kier molecular flexibility index (Phi) is 9.02. The topological polar surface area (TPSA) is 29.5 Å². The van der Waals surface area contributed by atoms with Gasteiger partial charge in [-0.05, 0) is 59.8 Å². The fourth-order valence-corrected chi connectivity index (χ4v) is 4.91. The van der Waals surface area contributed by atoms with Crippen molar-refractivity contribution >= 4 is 0 Å². The summed E-state index contributed by atoms with van der Waals surface area (Å²) in [5.74, 6) is 1.40. The number of hydrogen-bond acceptors (Lipinski definition) is 2. The summed E-state index contributed by atoms with van der Waals surface area (Å²) in [6.07, 6.45) is 11.4. The summed E-state index contributed by atoms with van der Waals surface area (Å²) in [5.41, 5.74) is 3.98. The van der Waals surface area contributed by atoms with Gasteiger partial charge < -0.3 is 9.84 Å². The zero-order chi connectivity index (χ0) is 22.1. The lowest BCUT2D eigenvalue weighted by Crippen LogP contribution is -2.18. The average Bonchev–Trinajstić information content (AvgIpc) is 3.00. The molecule has 1 aliphatic carbocycles. The van der Waals surface area contributed by atoms with E-state index in [0.29, 0.717) is 12.5 Å². The van der Waals surface area contributed by atoms with Crippen LogP contribution in [0.2, 0.25) is 0 Å². The van der Waals surface area contributed by atoms with Crippen molar-refractivity contribution in [3.8, 4) is 5.75 Å². The highest BCUT2D eigenvalue weighted by Crippen LogP contribution is 2.40. The van der Waals surface area contributed by atoms with E-state index in [4.69, 9.17) is 4.74 Å². The first kappa shape index (κ1) is 23.9. The zero-order valence-electron chi connectivity index (χ0n) is 19.9. The molecule has 170 valence electrons. The van der Waals surface area contributed by atoms with Crippen molar-refractivity contribution in [2.45, 2.75) is 109 Å². The standard InChI is InChI=1S/C29H42O2/c1-4-5-6-12-19-29(2,3)25-17-18-27(24-15-10-11-16-26(30)20-24)28(21-25)31-22-23-13-8-7-9-14-23/h7-9,13-14,17-18,21,24,26,30H,4-6,10-12,15-16,19-20,22H2,1-3H3/t24-,26-/m1/s1.